The van der Waals surface area contributed by atoms with E-state index in [2.05, 4.69) is 9.97 Å². The molecule has 0 unspecified atom stereocenters. The second-order valence-corrected chi connectivity index (χ2v) is 4.82. The van der Waals surface area contributed by atoms with Crippen LogP contribution < -0.4 is 4.18 Å². The number of aromatic nitrogens is 2. The summed E-state index contributed by atoms with van der Waals surface area (Å²) in [5, 5.41) is 0. The van der Waals surface area contributed by atoms with E-state index in [1.54, 1.807) is 30.5 Å². The molecule has 0 radical (unpaired) electrons. The molecule has 1 aromatic carbocycles. The smallest absolute Gasteiger partial charge is 0.306 e. The molecular weight excluding hydrogens is 228 g/mol. The van der Waals surface area contributed by atoms with Crippen molar-refractivity contribution in [1.29, 1.82) is 0 Å². The summed E-state index contributed by atoms with van der Waals surface area (Å²) in [6, 6.07) is 6.86. The van der Waals surface area contributed by atoms with Crippen LogP contribution in [0.3, 0.4) is 0 Å². The fourth-order valence-corrected chi connectivity index (χ4v) is 1.80. The van der Waals surface area contributed by atoms with Crippen molar-refractivity contribution in [2.24, 2.45) is 0 Å². The van der Waals surface area contributed by atoms with E-state index < -0.39 is 10.1 Å². The summed E-state index contributed by atoms with van der Waals surface area (Å²) in [5.74, 6) is 0.286. The van der Waals surface area contributed by atoms with Gasteiger partial charge in [0.15, 0.2) is 5.75 Å². The standard InChI is InChI=1S/C10H10N2O3S/c1-16(13,14)15-10-5-3-2-4-8(10)9-6-11-7-12-9/h2-7H,1H3,(H,11,12). The number of aromatic amines is 1. The van der Waals surface area contributed by atoms with E-state index in [9.17, 15) is 8.42 Å². The van der Waals surface area contributed by atoms with E-state index in [0.29, 0.717) is 11.3 Å². The molecule has 6 heteroatoms. The summed E-state index contributed by atoms with van der Waals surface area (Å²) in [6.45, 7) is 0. The summed E-state index contributed by atoms with van der Waals surface area (Å²) in [7, 11) is -3.53. The second kappa shape index (κ2) is 3.97. The molecule has 1 N–H and O–H groups in total. The van der Waals surface area contributed by atoms with E-state index in [0.717, 1.165) is 6.26 Å². The van der Waals surface area contributed by atoms with Crippen molar-refractivity contribution in [1.82, 2.24) is 9.97 Å². The molecule has 0 atom stereocenters. The van der Waals surface area contributed by atoms with Crippen LogP contribution in [0.5, 0.6) is 5.75 Å². The van der Waals surface area contributed by atoms with Gasteiger partial charge in [-0.25, -0.2) is 4.98 Å². The van der Waals surface area contributed by atoms with Gasteiger partial charge in [0.2, 0.25) is 0 Å². The third-order valence-corrected chi connectivity index (χ3v) is 2.40. The van der Waals surface area contributed by atoms with Crippen molar-refractivity contribution < 1.29 is 12.6 Å². The van der Waals surface area contributed by atoms with E-state index in [1.165, 1.54) is 6.33 Å². The molecule has 0 aliphatic carbocycles. The molecule has 0 spiro atoms. The second-order valence-electron chi connectivity index (χ2n) is 3.25. The first-order valence-corrected chi connectivity index (χ1v) is 6.35. The number of hydrogen-bond acceptors (Lipinski definition) is 4. The minimum atomic E-state index is -3.53. The number of rotatable bonds is 3. The van der Waals surface area contributed by atoms with Crippen LogP contribution in [0.15, 0.2) is 36.8 Å². The van der Waals surface area contributed by atoms with E-state index >= 15 is 0 Å². The normalized spacial score (nSPS) is 11.3. The van der Waals surface area contributed by atoms with E-state index in [1.807, 2.05) is 0 Å². The zero-order valence-corrected chi connectivity index (χ0v) is 9.36. The lowest BCUT2D eigenvalue weighted by molar-refractivity contribution is 0.494. The third kappa shape index (κ3) is 2.40. The van der Waals surface area contributed by atoms with Gasteiger partial charge < -0.3 is 9.17 Å². The molecule has 5 nitrogen and oxygen atoms in total. The fraction of sp³-hybridized carbons (Fsp3) is 0.100. The fourth-order valence-electron chi connectivity index (χ4n) is 1.33. The van der Waals surface area contributed by atoms with Crippen LogP contribution in [0.4, 0.5) is 0 Å². The Hall–Kier alpha value is -1.82. The maximum Gasteiger partial charge on any atom is 0.306 e. The molecule has 1 heterocycles. The number of para-hydroxylation sites is 1. The quantitative estimate of drug-likeness (QED) is 0.821. The Morgan fingerprint density at radius 3 is 2.69 bits per heavy atom. The van der Waals surface area contributed by atoms with Crippen LogP contribution in [-0.4, -0.2) is 24.6 Å². The van der Waals surface area contributed by atoms with Gasteiger partial charge in [-0.05, 0) is 12.1 Å². The van der Waals surface area contributed by atoms with Gasteiger partial charge in [0, 0.05) is 5.56 Å². The minimum Gasteiger partial charge on any atom is -0.382 e. The Kier molecular flexibility index (Phi) is 2.66. The number of hydrogen-bond donors (Lipinski definition) is 1. The van der Waals surface area contributed by atoms with Crippen LogP contribution in [0, 0.1) is 0 Å². The van der Waals surface area contributed by atoms with E-state index in [4.69, 9.17) is 4.18 Å². The predicted octanol–water partition coefficient (Wildman–Crippen LogP) is 1.42. The minimum absolute atomic E-state index is 0.286. The highest BCUT2D eigenvalue weighted by Crippen LogP contribution is 2.28. The summed E-state index contributed by atoms with van der Waals surface area (Å²) in [4.78, 5) is 6.77. The maximum absolute atomic E-state index is 11.1. The van der Waals surface area contributed by atoms with Gasteiger partial charge in [0.1, 0.15) is 0 Å². The van der Waals surface area contributed by atoms with Gasteiger partial charge >= 0.3 is 10.1 Å². The van der Waals surface area contributed by atoms with Gasteiger partial charge in [0.05, 0.1) is 24.5 Å². The van der Waals surface area contributed by atoms with Crippen molar-refractivity contribution in [3.8, 4) is 17.0 Å². The molecule has 0 saturated carbocycles. The van der Waals surface area contributed by atoms with Crippen molar-refractivity contribution in [2.75, 3.05) is 6.26 Å². The van der Waals surface area contributed by atoms with Crippen LogP contribution in [0.1, 0.15) is 0 Å². The van der Waals surface area contributed by atoms with Gasteiger partial charge in [-0.1, -0.05) is 12.1 Å². The molecule has 0 amide bonds. The Balaban J connectivity index is 2.47. The van der Waals surface area contributed by atoms with Crippen molar-refractivity contribution in [3.63, 3.8) is 0 Å². The molecule has 0 saturated heterocycles. The molecule has 0 aliphatic rings. The zero-order valence-electron chi connectivity index (χ0n) is 8.54. The lowest BCUT2D eigenvalue weighted by atomic mass is 10.1. The SMILES string of the molecule is CS(=O)(=O)Oc1ccccc1-c1cnc[nH]1. The lowest BCUT2D eigenvalue weighted by Crippen LogP contribution is -2.06. The predicted molar refractivity (Wildman–Crippen MR) is 59.5 cm³/mol. The van der Waals surface area contributed by atoms with Gasteiger partial charge in [-0.2, -0.15) is 8.42 Å². The van der Waals surface area contributed by atoms with Crippen LogP contribution >= 0.6 is 0 Å². The van der Waals surface area contributed by atoms with Crippen LogP contribution in [-0.2, 0) is 10.1 Å². The number of nitrogens with one attached hydrogen (secondary N) is 1. The Labute approximate surface area is 93.2 Å². The Bertz CT molecular complexity index is 576. The molecule has 1 aromatic heterocycles. The summed E-state index contributed by atoms with van der Waals surface area (Å²) in [6.07, 6.45) is 4.13. The summed E-state index contributed by atoms with van der Waals surface area (Å²) >= 11 is 0. The molecule has 2 aromatic rings. The van der Waals surface area contributed by atoms with Crippen LogP contribution in [0.25, 0.3) is 11.3 Å². The van der Waals surface area contributed by atoms with Gasteiger partial charge in [-0.15, -0.1) is 0 Å². The first-order chi connectivity index (χ1) is 7.56. The number of H-pyrrole nitrogens is 1. The van der Waals surface area contributed by atoms with Gasteiger partial charge in [0.25, 0.3) is 0 Å². The largest absolute Gasteiger partial charge is 0.382 e. The molecule has 16 heavy (non-hydrogen) atoms. The molecule has 84 valence electrons. The molecule has 0 bridgehead atoms. The molecule has 2 rings (SSSR count). The van der Waals surface area contributed by atoms with Crippen molar-refractivity contribution in [2.45, 2.75) is 0 Å². The van der Waals surface area contributed by atoms with Crippen LogP contribution in [0.2, 0.25) is 0 Å². The van der Waals surface area contributed by atoms with E-state index in [-0.39, 0.29) is 5.75 Å². The number of benzene rings is 1. The monoisotopic (exact) mass is 238 g/mol. The van der Waals surface area contributed by atoms with Gasteiger partial charge in [-0.3, -0.25) is 0 Å². The highest BCUT2D eigenvalue weighted by atomic mass is 32.2. The Morgan fingerprint density at radius 1 is 1.31 bits per heavy atom. The zero-order chi connectivity index (χ0) is 11.6. The van der Waals surface area contributed by atoms with Crippen molar-refractivity contribution in [3.05, 3.63) is 36.8 Å². The summed E-state index contributed by atoms with van der Waals surface area (Å²) < 4.78 is 27.0. The molecular formula is C10H10N2O3S. The lowest BCUT2D eigenvalue weighted by Gasteiger charge is -2.07. The molecule has 0 aliphatic heterocycles. The number of nitrogens with zero attached hydrogens (tertiary/aromatic N) is 1. The maximum atomic E-state index is 11.1. The first-order valence-electron chi connectivity index (χ1n) is 4.53. The average molecular weight is 238 g/mol. The Morgan fingerprint density at radius 2 is 2.06 bits per heavy atom. The van der Waals surface area contributed by atoms with Crippen molar-refractivity contribution >= 4 is 10.1 Å². The number of imidazole rings is 1. The topological polar surface area (TPSA) is 72.1 Å². The highest BCUT2D eigenvalue weighted by Gasteiger charge is 2.11. The highest BCUT2D eigenvalue weighted by molar-refractivity contribution is 7.86. The summed E-state index contributed by atoms with van der Waals surface area (Å²) in [5.41, 5.74) is 1.37. The third-order valence-electron chi connectivity index (χ3n) is 1.92. The average Bonchev–Trinajstić information content (AvgIpc) is 2.69. The molecule has 0 fully saturated rings. The first kappa shape index (κ1) is 10.7.